The van der Waals surface area contributed by atoms with Gasteiger partial charge in [0.15, 0.2) is 0 Å². The van der Waals surface area contributed by atoms with Crippen molar-refractivity contribution in [3.05, 3.63) is 59.4 Å². The van der Waals surface area contributed by atoms with Crippen molar-refractivity contribution >= 4 is 27.5 Å². The van der Waals surface area contributed by atoms with Gasteiger partial charge in [-0.15, -0.1) is 0 Å². The third-order valence-corrected chi connectivity index (χ3v) is 7.03. The molecule has 2 heterocycles. The molecule has 1 aromatic carbocycles. The van der Waals surface area contributed by atoms with E-state index >= 15 is 0 Å². The summed E-state index contributed by atoms with van der Waals surface area (Å²) in [5.41, 5.74) is 1.07. The lowest BCUT2D eigenvalue weighted by molar-refractivity contribution is -0.126. The Kier molecular flexibility index (Phi) is 6.69. The van der Waals surface area contributed by atoms with E-state index in [0.717, 1.165) is 5.56 Å². The van der Waals surface area contributed by atoms with Crippen molar-refractivity contribution < 1.29 is 13.2 Å². The molecule has 0 bridgehead atoms. The van der Waals surface area contributed by atoms with Crippen LogP contribution in [0, 0.1) is 5.92 Å². The van der Waals surface area contributed by atoms with Crippen LogP contribution in [0.1, 0.15) is 25.3 Å². The number of hydrogen-bond donors (Lipinski definition) is 1. The van der Waals surface area contributed by atoms with Crippen molar-refractivity contribution in [3.8, 4) is 0 Å². The van der Waals surface area contributed by atoms with Crippen molar-refractivity contribution in [2.75, 3.05) is 13.1 Å². The van der Waals surface area contributed by atoms with Crippen molar-refractivity contribution in [3.63, 3.8) is 0 Å². The molecule has 1 aromatic heterocycles. The van der Waals surface area contributed by atoms with Crippen molar-refractivity contribution in [1.29, 1.82) is 0 Å². The molecule has 150 valence electrons. The summed E-state index contributed by atoms with van der Waals surface area (Å²) in [6.45, 7) is 2.62. The van der Waals surface area contributed by atoms with Crippen LogP contribution in [0.2, 0.25) is 5.02 Å². The summed E-state index contributed by atoms with van der Waals surface area (Å²) in [6, 6.07) is 10.7. The number of nitrogens with zero attached hydrogens (tertiary/aromatic N) is 2. The van der Waals surface area contributed by atoms with Gasteiger partial charge >= 0.3 is 0 Å². The monoisotopic (exact) mass is 421 g/mol. The summed E-state index contributed by atoms with van der Waals surface area (Å²) in [5, 5.41) is 3.72. The molecule has 2 aromatic rings. The van der Waals surface area contributed by atoms with Gasteiger partial charge in [0.1, 0.15) is 4.90 Å². The fraction of sp³-hybridized carbons (Fsp3) is 0.400. The quantitative estimate of drug-likeness (QED) is 0.777. The van der Waals surface area contributed by atoms with Crippen LogP contribution in [0.3, 0.4) is 0 Å². The Morgan fingerprint density at radius 1 is 1.29 bits per heavy atom. The molecule has 1 aliphatic rings. The molecule has 6 nitrogen and oxygen atoms in total. The van der Waals surface area contributed by atoms with Crippen LogP contribution in [0.5, 0.6) is 0 Å². The lowest BCUT2D eigenvalue weighted by atomic mass is 9.96. The minimum absolute atomic E-state index is 0.0204. The van der Waals surface area contributed by atoms with Gasteiger partial charge in [-0.2, -0.15) is 4.31 Å². The van der Waals surface area contributed by atoms with Gasteiger partial charge in [0.25, 0.3) is 0 Å². The topological polar surface area (TPSA) is 79.4 Å². The number of halogens is 1. The first-order chi connectivity index (χ1) is 13.4. The van der Waals surface area contributed by atoms with Gasteiger partial charge in [0, 0.05) is 42.5 Å². The molecule has 1 amide bonds. The van der Waals surface area contributed by atoms with Gasteiger partial charge in [0.05, 0.1) is 0 Å². The molecule has 3 rings (SSSR count). The summed E-state index contributed by atoms with van der Waals surface area (Å²) >= 11 is 6.01. The van der Waals surface area contributed by atoms with Crippen molar-refractivity contribution in [2.24, 2.45) is 5.92 Å². The maximum absolute atomic E-state index is 12.6. The van der Waals surface area contributed by atoms with E-state index in [-0.39, 0.29) is 22.8 Å². The molecule has 0 unspecified atom stereocenters. The molecule has 1 aliphatic heterocycles. The first kappa shape index (κ1) is 20.8. The number of carbonyl (C=O) groups is 1. The normalized spacial score (nSPS) is 17.2. The second-order valence-electron chi connectivity index (χ2n) is 7.11. The standard InChI is InChI=1S/C20H24ClN3O3S/c1-15(12-16-4-2-5-18(21)13-16)23-20(25)17-7-10-24(11-8-17)28(26,27)19-6-3-9-22-14-19/h2-6,9,13-15,17H,7-8,10-12H2,1H3,(H,23,25)/t15-/m1/s1. The Balaban J connectivity index is 1.52. The predicted molar refractivity (Wildman–Crippen MR) is 108 cm³/mol. The Morgan fingerprint density at radius 2 is 2.04 bits per heavy atom. The number of piperidine rings is 1. The zero-order valence-corrected chi connectivity index (χ0v) is 17.3. The predicted octanol–water partition coefficient (Wildman–Crippen LogP) is 2.88. The van der Waals surface area contributed by atoms with E-state index < -0.39 is 10.0 Å². The lowest BCUT2D eigenvalue weighted by Crippen LogP contribution is -2.45. The highest BCUT2D eigenvalue weighted by atomic mass is 35.5. The number of nitrogens with one attached hydrogen (secondary N) is 1. The Hall–Kier alpha value is -1.96. The minimum atomic E-state index is -3.55. The minimum Gasteiger partial charge on any atom is -0.353 e. The van der Waals surface area contributed by atoms with E-state index in [1.165, 1.54) is 10.5 Å². The molecule has 0 aliphatic carbocycles. The van der Waals surface area contributed by atoms with E-state index in [1.807, 2.05) is 31.2 Å². The van der Waals surface area contributed by atoms with Crippen molar-refractivity contribution in [2.45, 2.75) is 37.1 Å². The number of amides is 1. The first-order valence-corrected chi connectivity index (χ1v) is 11.1. The van der Waals surface area contributed by atoms with Crippen LogP contribution in [0.25, 0.3) is 0 Å². The zero-order valence-electron chi connectivity index (χ0n) is 15.7. The van der Waals surface area contributed by atoms with E-state index in [1.54, 1.807) is 18.3 Å². The third kappa shape index (κ3) is 5.10. The SMILES string of the molecule is C[C@H](Cc1cccc(Cl)c1)NC(=O)C1CCN(S(=O)(=O)c2cccnc2)CC1. The molecule has 1 atom stereocenters. The number of sulfonamides is 1. The summed E-state index contributed by atoms with van der Waals surface area (Å²) < 4.78 is 26.7. The molecule has 0 radical (unpaired) electrons. The van der Waals surface area contributed by atoms with E-state index in [0.29, 0.717) is 37.4 Å². The van der Waals surface area contributed by atoms with Gasteiger partial charge in [-0.3, -0.25) is 9.78 Å². The second kappa shape index (κ2) is 9.03. The highest BCUT2D eigenvalue weighted by molar-refractivity contribution is 7.89. The highest BCUT2D eigenvalue weighted by Crippen LogP contribution is 2.23. The number of hydrogen-bond acceptors (Lipinski definition) is 4. The molecule has 0 spiro atoms. The summed E-state index contributed by atoms with van der Waals surface area (Å²) in [7, 11) is -3.55. The van der Waals surface area contributed by atoms with Gasteiger partial charge in [-0.25, -0.2) is 8.42 Å². The largest absolute Gasteiger partial charge is 0.353 e. The highest BCUT2D eigenvalue weighted by Gasteiger charge is 2.32. The smallest absolute Gasteiger partial charge is 0.244 e. The van der Waals surface area contributed by atoms with E-state index in [9.17, 15) is 13.2 Å². The molecular weight excluding hydrogens is 398 g/mol. The fourth-order valence-corrected chi connectivity index (χ4v) is 5.08. The van der Waals surface area contributed by atoms with Gasteiger partial charge in [-0.1, -0.05) is 23.7 Å². The molecule has 8 heteroatoms. The zero-order chi connectivity index (χ0) is 20.1. The molecule has 1 saturated heterocycles. The fourth-order valence-electron chi connectivity index (χ4n) is 3.44. The maximum Gasteiger partial charge on any atom is 0.244 e. The molecule has 1 N–H and O–H groups in total. The number of aromatic nitrogens is 1. The van der Waals surface area contributed by atoms with Crippen LogP contribution in [0.4, 0.5) is 0 Å². The van der Waals surface area contributed by atoms with E-state index in [2.05, 4.69) is 10.3 Å². The third-order valence-electron chi connectivity index (χ3n) is 4.92. The lowest BCUT2D eigenvalue weighted by Gasteiger charge is -2.31. The Labute approximate surface area is 171 Å². The number of pyridine rings is 1. The summed E-state index contributed by atoms with van der Waals surface area (Å²) in [5.74, 6) is -0.199. The maximum atomic E-state index is 12.6. The van der Waals surface area contributed by atoms with Crippen molar-refractivity contribution in [1.82, 2.24) is 14.6 Å². The van der Waals surface area contributed by atoms with E-state index in [4.69, 9.17) is 11.6 Å². The van der Waals surface area contributed by atoms with Gasteiger partial charge in [0.2, 0.25) is 15.9 Å². The molecular formula is C20H24ClN3O3S. The van der Waals surface area contributed by atoms with Crippen LogP contribution in [-0.4, -0.2) is 42.7 Å². The van der Waals surface area contributed by atoms with Crippen LogP contribution in [0.15, 0.2) is 53.7 Å². The average molecular weight is 422 g/mol. The second-order valence-corrected chi connectivity index (χ2v) is 9.49. The molecule has 0 saturated carbocycles. The summed E-state index contributed by atoms with van der Waals surface area (Å²) in [4.78, 5) is 16.6. The number of rotatable bonds is 6. The van der Waals surface area contributed by atoms with Crippen LogP contribution in [-0.2, 0) is 21.2 Å². The Bertz CT molecular complexity index is 913. The molecule has 1 fully saturated rings. The van der Waals surface area contributed by atoms with Gasteiger partial charge in [-0.05, 0) is 56.0 Å². The molecule has 28 heavy (non-hydrogen) atoms. The number of benzene rings is 1. The van der Waals surface area contributed by atoms with Crippen LogP contribution < -0.4 is 5.32 Å². The Morgan fingerprint density at radius 3 is 2.68 bits per heavy atom. The summed E-state index contributed by atoms with van der Waals surface area (Å²) in [6.07, 6.45) is 4.61. The van der Waals surface area contributed by atoms with Crippen LogP contribution >= 0.6 is 11.6 Å². The average Bonchev–Trinajstić information content (AvgIpc) is 2.68. The number of carbonyl (C=O) groups excluding carboxylic acids is 1. The van der Waals surface area contributed by atoms with Gasteiger partial charge < -0.3 is 5.32 Å². The first-order valence-electron chi connectivity index (χ1n) is 9.31.